The fraction of sp³-hybridized carbons (Fsp3) is 0.208. The molecule has 1 aliphatic rings. The number of furan rings is 1. The van der Waals surface area contributed by atoms with Crippen molar-refractivity contribution in [1.29, 1.82) is 0 Å². The molecule has 1 aromatic carbocycles. The number of rotatable bonds is 3. The van der Waals surface area contributed by atoms with Crippen LogP contribution < -0.4 is 5.32 Å². The van der Waals surface area contributed by atoms with E-state index in [1.54, 1.807) is 17.0 Å². The van der Waals surface area contributed by atoms with Gasteiger partial charge in [0.15, 0.2) is 5.82 Å². The first-order valence-electron chi connectivity index (χ1n) is 10.1. The second-order valence-electron chi connectivity index (χ2n) is 7.86. The lowest BCUT2D eigenvalue weighted by atomic mass is 9.80. The van der Waals surface area contributed by atoms with Crippen molar-refractivity contribution in [2.75, 3.05) is 5.32 Å². The van der Waals surface area contributed by atoms with Crippen molar-refractivity contribution in [3.63, 3.8) is 0 Å². The molecule has 6 heteroatoms. The van der Waals surface area contributed by atoms with Gasteiger partial charge in [0.05, 0.1) is 23.0 Å². The summed E-state index contributed by atoms with van der Waals surface area (Å²) < 4.78 is 7.21. The van der Waals surface area contributed by atoms with Gasteiger partial charge in [0, 0.05) is 24.7 Å². The number of nitrogens with one attached hydrogen (secondary N) is 1. The van der Waals surface area contributed by atoms with Crippen LogP contribution >= 0.6 is 0 Å². The van der Waals surface area contributed by atoms with Gasteiger partial charge in [0.2, 0.25) is 0 Å². The van der Waals surface area contributed by atoms with Gasteiger partial charge in [0.1, 0.15) is 5.76 Å². The van der Waals surface area contributed by atoms with E-state index in [0.29, 0.717) is 17.3 Å². The van der Waals surface area contributed by atoms with Crippen LogP contribution in [0.4, 0.5) is 5.82 Å². The summed E-state index contributed by atoms with van der Waals surface area (Å²) in [5.41, 5.74) is 4.45. The Morgan fingerprint density at radius 1 is 1.20 bits per heavy atom. The quantitative estimate of drug-likeness (QED) is 0.531. The van der Waals surface area contributed by atoms with Crippen LogP contribution in [0.2, 0.25) is 0 Å². The number of carbonyl (C=O) groups excluding carboxylic acids is 1. The minimum Gasteiger partial charge on any atom is -0.465 e. The molecule has 150 valence electrons. The number of nitrogens with zero attached hydrogens (tertiary/aromatic N) is 3. The molecule has 0 saturated carbocycles. The van der Waals surface area contributed by atoms with E-state index >= 15 is 0 Å². The fourth-order valence-corrected chi connectivity index (χ4v) is 4.20. The van der Waals surface area contributed by atoms with Crippen molar-refractivity contribution in [3.05, 3.63) is 77.5 Å². The molecule has 1 N–H and O–H groups in total. The predicted octanol–water partition coefficient (Wildman–Crippen LogP) is 4.94. The summed E-state index contributed by atoms with van der Waals surface area (Å²) in [6, 6.07) is 13.4. The molecule has 0 spiro atoms. The minimum absolute atomic E-state index is 0.157. The second-order valence-corrected chi connectivity index (χ2v) is 7.86. The maximum atomic E-state index is 13.4. The molecule has 3 heterocycles. The Labute approximate surface area is 174 Å². The number of pyridine rings is 1. The predicted molar refractivity (Wildman–Crippen MR) is 117 cm³/mol. The van der Waals surface area contributed by atoms with Crippen LogP contribution in [0.5, 0.6) is 0 Å². The highest BCUT2D eigenvalue weighted by molar-refractivity contribution is 6.14. The van der Waals surface area contributed by atoms with Crippen molar-refractivity contribution < 1.29 is 9.21 Å². The van der Waals surface area contributed by atoms with Crippen LogP contribution in [0.25, 0.3) is 22.6 Å². The average Bonchev–Trinajstić information content (AvgIpc) is 3.38. The van der Waals surface area contributed by atoms with Gasteiger partial charge in [-0.15, -0.1) is 0 Å². The van der Waals surface area contributed by atoms with E-state index in [0.717, 1.165) is 46.3 Å². The molecule has 0 radical (unpaired) electrons. The third-order valence-electron chi connectivity index (χ3n) is 5.46. The summed E-state index contributed by atoms with van der Waals surface area (Å²) in [6.45, 7) is 2.20. The van der Waals surface area contributed by atoms with Gasteiger partial charge < -0.3 is 9.73 Å². The summed E-state index contributed by atoms with van der Waals surface area (Å²) >= 11 is 0. The smallest absolute Gasteiger partial charge is 0.257 e. The molecule has 1 atom stereocenters. The Balaban J connectivity index is 1.70. The van der Waals surface area contributed by atoms with Crippen LogP contribution in [0.3, 0.4) is 0 Å². The number of amides is 1. The zero-order chi connectivity index (χ0) is 20.7. The summed E-state index contributed by atoms with van der Waals surface area (Å²) in [6.07, 6.45) is 7.20. The molecule has 5 rings (SSSR count). The second kappa shape index (κ2) is 7.30. The number of aromatic nitrogens is 3. The first-order chi connectivity index (χ1) is 14.6. The molecule has 1 amide bonds. The number of fused-ring (bicyclic) bond motifs is 2. The van der Waals surface area contributed by atoms with E-state index in [1.807, 2.05) is 55.7 Å². The van der Waals surface area contributed by atoms with Crippen LogP contribution in [-0.2, 0) is 13.5 Å². The normalized spacial score (nSPS) is 17.3. The topological polar surface area (TPSA) is 73.0 Å². The Bertz CT molecular complexity index is 1270. The number of aryl methyl sites for hydroxylation is 1. The molecule has 0 fully saturated rings. The van der Waals surface area contributed by atoms with E-state index in [2.05, 4.69) is 17.3 Å². The van der Waals surface area contributed by atoms with E-state index < -0.39 is 0 Å². The van der Waals surface area contributed by atoms with Crippen LogP contribution in [0.15, 0.2) is 59.3 Å². The molecular weight excluding hydrogens is 376 g/mol. The van der Waals surface area contributed by atoms with Gasteiger partial charge in [-0.2, -0.15) is 5.10 Å². The minimum atomic E-state index is -0.157. The molecule has 0 aliphatic heterocycles. The zero-order valence-electron chi connectivity index (χ0n) is 16.9. The molecule has 30 heavy (non-hydrogen) atoms. The molecule has 3 aromatic heterocycles. The van der Waals surface area contributed by atoms with Gasteiger partial charge >= 0.3 is 0 Å². The first kappa shape index (κ1) is 18.4. The molecular formula is C24H22N4O2. The van der Waals surface area contributed by atoms with Gasteiger partial charge in [-0.3, -0.25) is 9.48 Å². The Morgan fingerprint density at radius 3 is 2.83 bits per heavy atom. The number of anilines is 1. The molecule has 0 saturated heterocycles. The zero-order valence-corrected chi connectivity index (χ0v) is 16.9. The van der Waals surface area contributed by atoms with Crippen molar-refractivity contribution in [2.24, 2.45) is 13.0 Å². The lowest BCUT2D eigenvalue weighted by Gasteiger charge is -2.26. The summed E-state index contributed by atoms with van der Waals surface area (Å²) in [4.78, 5) is 18.4. The summed E-state index contributed by atoms with van der Waals surface area (Å²) in [5, 5.41) is 8.11. The van der Waals surface area contributed by atoms with Crippen LogP contribution in [0, 0.1) is 5.92 Å². The van der Waals surface area contributed by atoms with Crippen LogP contribution in [-0.4, -0.2) is 20.7 Å². The highest BCUT2D eigenvalue weighted by Gasteiger charge is 2.28. The number of allylic oxidation sites excluding steroid dienone is 1. The maximum absolute atomic E-state index is 13.4. The number of hydrogen-bond acceptors (Lipinski definition) is 4. The van der Waals surface area contributed by atoms with Crippen molar-refractivity contribution in [1.82, 2.24) is 14.8 Å². The number of carbonyl (C=O) groups is 1. The average molecular weight is 398 g/mol. The Morgan fingerprint density at radius 2 is 2.07 bits per heavy atom. The molecule has 0 bridgehead atoms. The molecule has 1 unspecified atom stereocenters. The number of para-hydroxylation sites is 1. The van der Waals surface area contributed by atoms with Gasteiger partial charge in [-0.1, -0.05) is 25.1 Å². The van der Waals surface area contributed by atoms with Crippen molar-refractivity contribution >= 4 is 34.3 Å². The number of hydrogen-bond donors (Lipinski definition) is 1. The van der Waals surface area contributed by atoms with Gasteiger partial charge in [-0.25, -0.2) is 4.98 Å². The molecule has 1 aliphatic carbocycles. The van der Waals surface area contributed by atoms with Gasteiger partial charge in [-0.05, 0) is 54.2 Å². The van der Waals surface area contributed by atoms with E-state index in [-0.39, 0.29) is 5.91 Å². The largest absolute Gasteiger partial charge is 0.465 e. The highest BCUT2D eigenvalue weighted by Crippen LogP contribution is 2.38. The molecule has 4 aromatic rings. The Kier molecular flexibility index (Phi) is 4.47. The fourth-order valence-electron chi connectivity index (χ4n) is 4.20. The number of benzene rings is 1. The third-order valence-corrected chi connectivity index (χ3v) is 5.46. The van der Waals surface area contributed by atoms with Gasteiger partial charge in [0.25, 0.3) is 5.91 Å². The summed E-state index contributed by atoms with van der Waals surface area (Å²) in [5.74, 6) is 1.56. The lowest BCUT2D eigenvalue weighted by Crippen LogP contribution is -2.21. The molecule has 6 nitrogen and oxygen atoms in total. The van der Waals surface area contributed by atoms with Crippen molar-refractivity contribution in [2.45, 2.75) is 19.8 Å². The van der Waals surface area contributed by atoms with E-state index in [9.17, 15) is 4.79 Å². The van der Waals surface area contributed by atoms with Crippen LogP contribution in [0.1, 0.15) is 40.7 Å². The SMILES string of the molecule is CC1C/C(=C\c2ccco2)c2nc3ccccc3c(C(=O)Nc3ccn(C)n3)c2C1. The van der Waals surface area contributed by atoms with Crippen molar-refractivity contribution in [3.8, 4) is 0 Å². The Hall–Kier alpha value is -3.67. The summed E-state index contributed by atoms with van der Waals surface area (Å²) in [7, 11) is 1.83. The van der Waals surface area contributed by atoms with E-state index in [4.69, 9.17) is 9.40 Å². The highest BCUT2D eigenvalue weighted by atomic mass is 16.3. The maximum Gasteiger partial charge on any atom is 0.257 e. The standard InChI is InChI=1S/C24H22N4O2/c1-15-12-16(14-17-6-5-11-30-17)23-19(13-15)22(18-7-3-4-8-20(18)25-23)24(29)26-21-9-10-28(2)27-21/h3-11,14-15H,12-13H2,1-2H3,(H,26,27,29)/b16-14+. The monoisotopic (exact) mass is 398 g/mol. The van der Waals surface area contributed by atoms with E-state index in [1.165, 1.54) is 0 Å². The lowest BCUT2D eigenvalue weighted by molar-refractivity contribution is 0.102. The third kappa shape index (κ3) is 3.30. The first-order valence-corrected chi connectivity index (χ1v) is 10.1.